The van der Waals surface area contributed by atoms with Crippen LogP contribution in [0.25, 0.3) is 0 Å². The molecule has 0 fully saturated rings. The van der Waals surface area contributed by atoms with Crippen molar-refractivity contribution in [3.63, 3.8) is 0 Å². The molecule has 2 aromatic rings. The molecule has 0 spiro atoms. The first kappa shape index (κ1) is 17.6. The van der Waals surface area contributed by atoms with Crippen LogP contribution < -0.4 is 4.72 Å². The van der Waals surface area contributed by atoms with Crippen LogP contribution in [0.1, 0.15) is 16.7 Å². The molecule has 3 nitrogen and oxygen atoms in total. The molecule has 0 amide bonds. The molecule has 1 N–H and O–H groups in total. The maximum atomic E-state index is 12.7. The van der Waals surface area contributed by atoms with Crippen LogP contribution in [-0.4, -0.2) is 8.42 Å². The first-order chi connectivity index (χ1) is 10.5. The molecule has 8 heteroatoms. The number of alkyl halides is 3. The van der Waals surface area contributed by atoms with E-state index in [9.17, 15) is 21.6 Å². The fraction of sp³-hybridized carbons (Fsp3) is 0.200. The van der Waals surface area contributed by atoms with Gasteiger partial charge in [-0.05, 0) is 43.7 Å². The third kappa shape index (κ3) is 3.97. The standard InChI is InChI=1S/C15H13ClF3NO2S/c1-9-3-6-14(10(2)7-9)23(21,22)20-13-8-11(15(17,18)19)4-5-12(13)16/h3-8,20H,1-2H3. The van der Waals surface area contributed by atoms with Crippen molar-refractivity contribution < 1.29 is 21.6 Å². The molecule has 0 bridgehead atoms. The van der Waals surface area contributed by atoms with Crippen LogP contribution in [0.5, 0.6) is 0 Å². The van der Waals surface area contributed by atoms with E-state index in [0.717, 1.165) is 17.7 Å². The molecule has 0 saturated heterocycles. The van der Waals surface area contributed by atoms with Gasteiger partial charge in [-0.3, -0.25) is 4.72 Å². The lowest BCUT2D eigenvalue weighted by atomic mass is 10.2. The lowest BCUT2D eigenvalue weighted by Crippen LogP contribution is -2.15. The highest BCUT2D eigenvalue weighted by molar-refractivity contribution is 7.92. The molecule has 0 atom stereocenters. The first-order valence-corrected chi connectivity index (χ1v) is 8.33. The van der Waals surface area contributed by atoms with Crippen LogP contribution >= 0.6 is 11.6 Å². The average molecular weight is 364 g/mol. The summed E-state index contributed by atoms with van der Waals surface area (Å²) in [5.74, 6) is 0. The van der Waals surface area contributed by atoms with Crippen LogP contribution in [0, 0.1) is 13.8 Å². The number of benzene rings is 2. The van der Waals surface area contributed by atoms with E-state index < -0.39 is 21.8 Å². The Labute approximate surface area is 137 Å². The van der Waals surface area contributed by atoms with E-state index in [2.05, 4.69) is 4.72 Å². The van der Waals surface area contributed by atoms with Crippen LogP contribution in [0.4, 0.5) is 18.9 Å². The number of halogens is 4. The molecule has 0 radical (unpaired) electrons. The lowest BCUT2D eigenvalue weighted by Gasteiger charge is -2.14. The predicted molar refractivity (Wildman–Crippen MR) is 83.2 cm³/mol. The highest BCUT2D eigenvalue weighted by Gasteiger charge is 2.31. The van der Waals surface area contributed by atoms with Crippen molar-refractivity contribution in [1.82, 2.24) is 0 Å². The fourth-order valence-electron chi connectivity index (χ4n) is 2.08. The Balaban J connectivity index is 2.45. The summed E-state index contributed by atoms with van der Waals surface area (Å²) in [5, 5.41) is -0.119. The van der Waals surface area contributed by atoms with Gasteiger partial charge in [0.25, 0.3) is 10.0 Å². The molecule has 23 heavy (non-hydrogen) atoms. The Hall–Kier alpha value is -1.73. The molecule has 0 saturated carbocycles. The van der Waals surface area contributed by atoms with E-state index in [-0.39, 0.29) is 15.6 Å². The van der Waals surface area contributed by atoms with Crippen molar-refractivity contribution in [2.45, 2.75) is 24.9 Å². The molecule has 0 heterocycles. The third-order valence-electron chi connectivity index (χ3n) is 3.16. The Morgan fingerprint density at radius 3 is 2.26 bits per heavy atom. The van der Waals surface area contributed by atoms with Gasteiger partial charge in [0, 0.05) is 0 Å². The summed E-state index contributed by atoms with van der Waals surface area (Å²) >= 11 is 5.81. The minimum Gasteiger partial charge on any atom is -0.278 e. The minimum absolute atomic E-state index is 0.0171. The van der Waals surface area contributed by atoms with E-state index in [4.69, 9.17) is 11.6 Å². The van der Waals surface area contributed by atoms with E-state index in [1.54, 1.807) is 26.0 Å². The molecule has 0 aliphatic heterocycles. The molecule has 2 rings (SSSR count). The highest BCUT2D eigenvalue weighted by Crippen LogP contribution is 2.34. The summed E-state index contributed by atoms with van der Waals surface area (Å²) in [6.45, 7) is 3.41. The molecular weight excluding hydrogens is 351 g/mol. The second-order valence-corrected chi connectivity index (χ2v) is 7.12. The summed E-state index contributed by atoms with van der Waals surface area (Å²) < 4.78 is 65.1. The van der Waals surface area contributed by atoms with Crippen LogP contribution in [0.15, 0.2) is 41.3 Å². The minimum atomic E-state index is -4.59. The quantitative estimate of drug-likeness (QED) is 0.853. The third-order valence-corrected chi connectivity index (χ3v) is 5.01. The largest absolute Gasteiger partial charge is 0.416 e. The topological polar surface area (TPSA) is 46.2 Å². The second kappa shape index (κ2) is 6.05. The zero-order valence-corrected chi connectivity index (χ0v) is 13.8. The zero-order valence-electron chi connectivity index (χ0n) is 12.2. The Morgan fingerprint density at radius 1 is 1.04 bits per heavy atom. The van der Waals surface area contributed by atoms with E-state index >= 15 is 0 Å². The van der Waals surface area contributed by atoms with Gasteiger partial charge >= 0.3 is 6.18 Å². The maximum absolute atomic E-state index is 12.7. The van der Waals surface area contributed by atoms with Crippen molar-refractivity contribution in [3.8, 4) is 0 Å². The molecular formula is C15H13ClF3NO2S. The van der Waals surface area contributed by atoms with Crippen molar-refractivity contribution >= 4 is 27.3 Å². The van der Waals surface area contributed by atoms with Gasteiger partial charge in [-0.25, -0.2) is 8.42 Å². The lowest BCUT2D eigenvalue weighted by molar-refractivity contribution is -0.137. The summed E-state index contributed by atoms with van der Waals surface area (Å²) in [4.78, 5) is -0.0171. The number of aryl methyl sites for hydroxylation is 2. The Bertz CT molecular complexity index is 848. The number of hydrogen-bond donors (Lipinski definition) is 1. The normalized spacial score (nSPS) is 12.3. The van der Waals surface area contributed by atoms with Crippen molar-refractivity contribution in [2.24, 2.45) is 0 Å². The van der Waals surface area contributed by atoms with Crippen LogP contribution in [0.2, 0.25) is 5.02 Å². The number of rotatable bonds is 3. The summed E-state index contributed by atoms with van der Waals surface area (Å²) in [6.07, 6.45) is -4.59. The Morgan fingerprint density at radius 2 is 1.70 bits per heavy atom. The summed E-state index contributed by atoms with van der Waals surface area (Å²) in [7, 11) is -4.05. The molecule has 2 aromatic carbocycles. The zero-order chi connectivity index (χ0) is 17.4. The maximum Gasteiger partial charge on any atom is 0.416 e. The fourth-order valence-corrected chi connectivity index (χ4v) is 3.60. The average Bonchev–Trinajstić information content (AvgIpc) is 2.39. The number of hydrogen-bond acceptors (Lipinski definition) is 2. The molecule has 0 aromatic heterocycles. The highest BCUT2D eigenvalue weighted by atomic mass is 35.5. The smallest absolute Gasteiger partial charge is 0.278 e. The van der Waals surface area contributed by atoms with Gasteiger partial charge in [0.2, 0.25) is 0 Å². The second-order valence-electron chi connectivity index (χ2n) is 5.07. The first-order valence-electron chi connectivity index (χ1n) is 6.47. The molecule has 0 unspecified atom stereocenters. The molecule has 0 aliphatic rings. The van der Waals surface area contributed by atoms with E-state index in [0.29, 0.717) is 11.6 Å². The van der Waals surface area contributed by atoms with Gasteiger partial charge in [0.1, 0.15) is 0 Å². The van der Waals surface area contributed by atoms with Crippen LogP contribution in [0.3, 0.4) is 0 Å². The van der Waals surface area contributed by atoms with Gasteiger partial charge in [-0.2, -0.15) is 13.2 Å². The van der Waals surface area contributed by atoms with Gasteiger partial charge in [-0.15, -0.1) is 0 Å². The van der Waals surface area contributed by atoms with Gasteiger partial charge in [-0.1, -0.05) is 29.3 Å². The molecule has 0 aliphatic carbocycles. The number of sulfonamides is 1. The van der Waals surface area contributed by atoms with Crippen molar-refractivity contribution in [3.05, 3.63) is 58.1 Å². The molecule has 124 valence electrons. The van der Waals surface area contributed by atoms with Crippen molar-refractivity contribution in [1.29, 1.82) is 0 Å². The predicted octanol–water partition coefficient (Wildman–Crippen LogP) is 4.78. The SMILES string of the molecule is Cc1ccc(S(=O)(=O)Nc2cc(C(F)(F)F)ccc2Cl)c(C)c1. The van der Waals surface area contributed by atoms with Gasteiger partial charge in [0.15, 0.2) is 0 Å². The van der Waals surface area contributed by atoms with Gasteiger partial charge in [0.05, 0.1) is 21.2 Å². The van der Waals surface area contributed by atoms with Crippen LogP contribution in [-0.2, 0) is 16.2 Å². The van der Waals surface area contributed by atoms with Crippen molar-refractivity contribution in [2.75, 3.05) is 4.72 Å². The summed E-state index contributed by atoms with van der Waals surface area (Å²) in [5.41, 5.74) is 0.0563. The Kier molecular flexibility index (Phi) is 4.64. The van der Waals surface area contributed by atoms with Gasteiger partial charge < -0.3 is 0 Å². The van der Waals surface area contributed by atoms with E-state index in [1.165, 1.54) is 6.07 Å². The number of nitrogens with one attached hydrogen (secondary N) is 1. The number of anilines is 1. The monoisotopic (exact) mass is 363 g/mol. The van der Waals surface area contributed by atoms with E-state index in [1.807, 2.05) is 0 Å². The summed E-state index contributed by atoms with van der Waals surface area (Å²) in [6, 6.07) is 7.14.